The number of nitrogens with one attached hydrogen (secondary N) is 2. The minimum Gasteiger partial charge on any atom is -0.508 e. The fourth-order valence-corrected chi connectivity index (χ4v) is 3.86. The normalized spacial score (nSPS) is 12.5. The molecule has 0 saturated carbocycles. The van der Waals surface area contributed by atoms with Gasteiger partial charge in [-0.05, 0) is 66.9 Å². The van der Waals surface area contributed by atoms with E-state index in [2.05, 4.69) is 21.2 Å². The molecule has 0 unspecified atom stereocenters. The summed E-state index contributed by atoms with van der Waals surface area (Å²) in [6.07, 6.45) is 1.28. The summed E-state index contributed by atoms with van der Waals surface area (Å²) in [5.41, 5.74) is 2.26. The first-order valence-electron chi connectivity index (χ1n) is 10.3. The van der Waals surface area contributed by atoms with Crippen molar-refractivity contribution < 1.29 is 29.4 Å². The van der Waals surface area contributed by atoms with Gasteiger partial charge in [0.1, 0.15) is 11.5 Å². The van der Waals surface area contributed by atoms with Crippen molar-refractivity contribution in [1.82, 2.24) is 5.48 Å². The lowest BCUT2D eigenvalue weighted by molar-refractivity contribution is -0.124. The van der Waals surface area contributed by atoms with E-state index in [1.807, 2.05) is 18.4 Å². The topological polar surface area (TPSA) is 117 Å². The molecule has 0 aliphatic carbocycles. The van der Waals surface area contributed by atoms with Crippen molar-refractivity contribution in [2.45, 2.75) is 17.1 Å². The van der Waals surface area contributed by atoms with E-state index in [0.717, 1.165) is 11.0 Å². The summed E-state index contributed by atoms with van der Waals surface area (Å²) in [5.74, 6) is -0.512. The third-order valence-electron chi connectivity index (χ3n) is 4.73. The van der Waals surface area contributed by atoms with Crippen LogP contribution in [0, 0.1) is 0 Å². The monoisotopic (exact) mass is 558 g/mol. The molecule has 4 N–H and O–H groups in total. The summed E-state index contributed by atoms with van der Waals surface area (Å²) in [7, 11) is 0. The number of ether oxygens (including phenoxy) is 2. The van der Waals surface area contributed by atoms with Gasteiger partial charge in [0.15, 0.2) is 12.2 Å². The average Bonchev–Trinajstić information content (AvgIpc) is 2.87. The summed E-state index contributed by atoms with van der Waals surface area (Å²) >= 11 is 4.93. The van der Waals surface area contributed by atoms with E-state index in [1.54, 1.807) is 66.4 Å². The van der Waals surface area contributed by atoms with Gasteiger partial charge < -0.3 is 14.6 Å². The van der Waals surface area contributed by atoms with Crippen LogP contribution in [-0.2, 0) is 9.53 Å². The highest BCUT2D eigenvalue weighted by Crippen LogP contribution is 2.34. The first-order chi connectivity index (χ1) is 16.9. The van der Waals surface area contributed by atoms with Crippen molar-refractivity contribution in [3.63, 3.8) is 0 Å². The fraction of sp³-hybridized carbons (Fsp3) is 0.120. The number of hydrogen-bond donors (Lipinski definition) is 4. The Morgan fingerprint density at radius 3 is 2.43 bits per heavy atom. The number of carbonyl (C=O) groups excluding carboxylic acids is 2. The zero-order valence-electron chi connectivity index (χ0n) is 18.6. The van der Waals surface area contributed by atoms with Crippen LogP contribution >= 0.6 is 27.7 Å². The number of thioether (sulfide) groups is 1. The molecule has 10 heteroatoms. The highest BCUT2D eigenvalue weighted by atomic mass is 79.9. The lowest BCUT2D eigenvalue weighted by Crippen LogP contribution is -2.30. The van der Waals surface area contributed by atoms with Gasteiger partial charge in [-0.2, -0.15) is 0 Å². The highest BCUT2D eigenvalue weighted by molar-refractivity contribution is 9.10. The standard InChI is InChI=1S/C25H23BrN2O6S/c1-35-19-10-8-17(9-11-19)27-25(31)34-24(20-15-16(26)7-12-21(20)29)22(13-14-23(30)28-32)33-18-5-3-2-4-6-18/h2-15,22,24,29,32H,1H3,(H,27,31)(H,28,30)/b14-13+/t22-,24-/m0/s1. The quantitative estimate of drug-likeness (QED) is 0.115. The SMILES string of the molecule is CSc1ccc(NC(=O)O[C@@H](c2cc(Br)ccc2O)[C@H](/C=C/C(=O)NO)Oc2ccccc2)cc1. The van der Waals surface area contributed by atoms with Crippen LogP contribution in [0.25, 0.3) is 0 Å². The maximum absolute atomic E-state index is 12.9. The van der Waals surface area contributed by atoms with E-state index in [-0.39, 0.29) is 11.3 Å². The number of phenols is 1. The van der Waals surface area contributed by atoms with Crippen LogP contribution in [0.2, 0.25) is 0 Å². The summed E-state index contributed by atoms with van der Waals surface area (Å²) in [6, 6.07) is 20.6. The highest BCUT2D eigenvalue weighted by Gasteiger charge is 2.30. The molecule has 2 atom stereocenters. The molecule has 0 saturated heterocycles. The number of para-hydroxylation sites is 1. The van der Waals surface area contributed by atoms with E-state index < -0.39 is 24.2 Å². The van der Waals surface area contributed by atoms with E-state index >= 15 is 0 Å². The van der Waals surface area contributed by atoms with Gasteiger partial charge in [0, 0.05) is 26.7 Å². The second-order valence-corrected chi connectivity index (χ2v) is 8.91. The third kappa shape index (κ3) is 7.78. The average molecular weight is 559 g/mol. The van der Waals surface area contributed by atoms with E-state index in [4.69, 9.17) is 14.7 Å². The molecule has 0 aromatic heterocycles. The Morgan fingerprint density at radius 1 is 1.06 bits per heavy atom. The van der Waals surface area contributed by atoms with Gasteiger partial charge in [-0.3, -0.25) is 15.3 Å². The molecule has 2 amide bonds. The van der Waals surface area contributed by atoms with Crippen molar-refractivity contribution in [2.24, 2.45) is 0 Å². The minimum atomic E-state index is -1.18. The van der Waals surface area contributed by atoms with Crippen LogP contribution in [-0.4, -0.2) is 34.7 Å². The van der Waals surface area contributed by atoms with Gasteiger partial charge in [-0.15, -0.1) is 11.8 Å². The van der Waals surface area contributed by atoms with Crippen LogP contribution in [0.15, 0.2) is 94.3 Å². The van der Waals surface area contributed by atoms with E-state index in [0.29, 0.717) is 15.9 Å². The molecule has 182 valence electrons. The molecule has 0 spiro atoms. The zero-order chi connectivity index (χ0) is 25.2. The van der Waals surface area contributed by atoms with Crippen molar-refractivity contribution >= 4 is 45.4 Å². The lowest BCUT2D eigenvalue weighted by atomic mass is 10.0. The van der Waals surface area contributed by atoms with Crippen LogP contribution in [0.4, 0.5) is 10.5 Å². The smallest absolute Gasteiger partial charge is 0.412 e. The van der Waals surface area contributed by atoms with Crippen molar-refractivity contribution in [3.05, 3.63) is 95.0 Å². The second kappa shape index (κ2) is 12.8. The molecule has 0 fully saturated rings. The number of rotatable bonds is 9. The molecular formula is C25H23BrN2O6S. The van der Waals surface area contributed by atoms with Gasteiger partial charge in [0.2, 0.25) is 0 Å². The Morgan fingerprint density at radius 2 is 1.77 bits per heavy atom. The van der Waals surface area contributed by atoms with E-state index in [1.165, 1.54) is 17.6 Å². The molecule has 0 aliphatic heterocycles. The Hall–Kier alpha value is -3.47. The Balaban J connectivity index is 1.96. The summed E-state index contributed by atoms with van der Waals surface area (Å²) < 4.78 is 12.4. The predicted molar refractivity (Wildman–Crippen MR) is 137 cm³/mol. The van der Waals surface area contributed by atoms with Gasteiger partial charge in [-0.1, -0.05) is 34.1 Å². The molecule has 0 aliphatic rings. The van der Waals surface area contributed by atoms with Crippen molar-refractivity contribution in [1.29, 1.82) is 0 Å². The maximum atomic E-state index is 12.9. The number of hydrogen-bond acceptors (Lipinski definition) is 7. The Kier molecular flexibility index (Phi) is 9.59. The van der Waals surface area contributed by atoms with Crippen LogP contribution in [0.5, 0.6) is 11.5 Å². The van der Waals surface area contributed by atoms with Crippen molar-refractivity contribution in [2.75, 3.05) is 11.6 Å². The van der Waals surface area contributed by atoms with Gasteiger partial charge in [-0.25, -0.2) is 10.3 Å². The summed E-state index contributed by atoms with van der Waals surface area (Å²) in [6.45, 7) is 0. The molecule has 3 aromatic rings. The first-order valence-corrected chi connectivity index (χ1v) is 12.4. The van der Waals surface area contributed by atoms with Gasteiger partial charge >= 0.3 is 6.09 Å². The molecule has 0 heterocycles. The number of phenolic OH excluding ortho intramolecular Hbond substituents is 1. The number of halogens is 1. The third-order valence-corrected chi connectivity index (χ3v) is 5.96. The molecular weight excluding hydrogens is 536 g/mol. The Bertz CT molecular complexity index is 1170. The number of anilines is 1. The van der Waals surface area contributed by atoms with Crippen molar-refractivity contribution in [3.8, 4) is 11.5 Å². The molecule has 3 aromatic carbocycles. The lowest BCUT2D eigenvalue weighted by Gasteiger charge is -2.27. The predicted octanol–water partition coefficient (Wildman–Crippen LogP) is 5.68. The number of aromatic hydroxyl groups is 1. The summed E-state index contributed by atoms with van der Waals surface area (Å²) in [5, 5.41) is 22.1. The number of carbonyl (C=O) groups is 2. The summed E-state index contributed by atoms with van der Waals surface area (Å²) in [4.78, 5) is 25.6. The molecule has 0 radical (unpaired) electrons. The fourth-order valence-electron chi connectivity index (χ4n) is 3.08. The largest absolute Gasteiger partial charge is 0.508 e. The molecule has 8 nitrogen and oxygen atoms in total. The van der Waals surface area contributed by atoms with Crippen LogP contribution < -0.4 is 15.5 Å². The van der Waals surface area contributed by atoms with Gasteiger partial charge in [0.25, 0.3) is 5.91 Å². The molecule has 0 bridgehead atoms. The number of benzene rings is 3. The van der Waals surface area contributed by atoms with Crippen LogP contribution in [0.1, 0.15) is 11.7 Å². The zero-order valence-corrected chi connectivity index (χ0v) is 21.0. The Labute approximate surface area is 215 Å². The minimum absolute atomic E-state index is 0.142. The first kappa shape index (κ1) is 26.1. The van der Waals surface area contributed by atoms with Gasteiger partial charge in [0.05, 0.1) is 0 Å². The van der Waals surface area contributed by atoms with E-state index in [9.17, 15) is 14.7 Å². The molecule has 3 rings (SSSR count). The second-order valence-electron chi connectivity index (χ2n) is 7.11. The maximum Gasteiger partial charge on any atom is 0.412 e. The number of hydroxylamine groups is 1. The number of amides is 2. The van der Waals surface area contributed by atoms with Crippen LogP contribution in [0.3, 0.4) is 0 Å². The molecule has 35 heavy (non-hydrogen) atoms.